The third-order valence-corrected chi connectivity index (χ3v) is 3.05. The molecule has 1 N–H and O–H groups in total. The summed E-state index contributed by atoms with van der Waals surface area (Å²) < 4.78 is 0. The Bertz CT molecular complexity index is 199. The van der Waals surface area contributed by atoms with Crippen molar-refractivity contribution >= 4 is 17.5 Å². The van der Waals surface area contributed by atoms with E-state index in [1.165, 1.54) is 0 Å². The number of amides is 1. The van der Waals surface area contributed by atoms with Gasteiger partial charge in [0.25, 0.3) is 0 Å². The molecular weight excluding hydrogens is 202 g/mol. The number of piperidine rings is 1. The molecule has 0 saturated carbocycles. The van der Waals surface area contributed by atoms with Gasteiger partial charge in [-0.05, 0) is 12.8 Å². The second-order valence-corrected chi connectivity index (χ2v) is 4.15. The van der Waals surface area contributed by atoms with E-state index < -0.39 is 0 Å². The zero-order valence-electron chi connectivity index (χ0n) is 8.58. The van der Waals surface area contributed by atoms with Crippen molar-refractivity contribution in [2.45, 2.75) is 32.3 Å². The van der Waals surface area contributed by atoms with Gasteiger partial charge in [-0.3, -0.25) is 4.79 Å². The minimum absolute atomic E-state index is 0.0142. The Kier molecular flexibility index (Phi) is 4.69. The molecule has 1 amide bonds. The molecule has 0 aromatic carbocycles. The third kappa shape index (κ3) is 2.85. The molecule has 1 aliphatic heterocycles. The van der Waals surface area contributed by atoms with Gasteiger partial charge in [0.05, 0.1) is 6.10 Å². The summed E-state index contributed by atoms with van der Waals surface area (Å²) in [6.07, 6.45) is 2.47. The highest BCUT2D eigenvalue weighted by atomic mass is 35.5. The van der Waals surface area contributed by atoms with Crippen molar-refractivity contribution in [1.82, 2.24) is 4.90 Å². The highest BCUT2D eigenvalue weighted by Crippen LogP contribution is 2.21. The number of carbonyl (C=O) groups excluding carboxylic acids is 1. The highest BCUT2D eigenvalue weighted by Gasteiger charge is 2.28. The largest absolute Gasteiger partial charge is 0.393 e. The SMILES string of the molecule is CCC[C@@H]1CN(C(=O)CCl)CC[C@H]1O. The number of aliphatic hydroxyl groups is 1. The van der Waals surface area contributed by atoms with E-state index in [-0.39, 0.29) is 23.8 Å². The molecule has 4 heteroatoms. The Morgan fingerprint density at radius 1 is 1.64 bits per heavy atom. The topological polar surface area (TPSA) is 40.5 Å². The van der Waals surface area contributed by atoms with Crippen molar-refractivity contribution in [3.63, 3.8) is 0 Å². The number of halogens is 1. The summed E-state index contributed by atoms with van der Waals surface area (Å²) in [7, 11) is 0. The molecule has 0 radical (unpaired) electrons. The van der Waals surface area contributed by atoms with Crippen molar-refractivity contribution in [3.8, 4) is 0 Å². The van der Waals surface area contributed by atoms with Crippen LogP contribution < -0.4 is 0 Å². The monoisotopic (exact) mass is 219 g/mol. The molecule has 0 spiro atoms. The standard InChI is InChI=1S/C10H18ClNO2/c1-2-3-8-7-12(10(14)6-11)5-4-9(8)13/h8-9,13H,2-7H2,1H3/t8-,9-/m1/s1. The summed E-state index contributed by atoms with van der Waals surface area (Å²) in [5, 5.41) is 9.70. The first-order valence-electron chi connectivity index (χ1n) is 5.20. The molecule has 1 rings (SSSR count). The quantitative estimate of drug-likeness (QED) is 0.726. The molecule has 0 bridgehead atoms. The number of likely N-dealkylation sites (tertiary alicyclic amines) is 1. The van der Waals surface area contributed by atoms with Crippen LogP contribution in [0.15, 0.2) is 0 Å². The molecule has 1 fully saturated rings. The second-order valence-electron chi connectivity index (χ2n) is 3.88. The summed E-state index contributed by atoms with van der Waals surface area (Å²) in [4.78, 5) is 13.1. The van der Waals surface area contributed by atoms with Crippen LogP contribution in [0.5, 0.6) is 0 Å². The zero-order valence-corrected chi connectivity index (χ0v) is 9.33. The van der Waals surface area contributed by atoms with E-state index in [0.29, 0.717) is 19.5 Å². The lowest BCUT2D eigenvalue weighted by Gasteiger charge is -2.35. The highest BCUT2D eigenvalue weighted by molar-refractivity contribution is 6.27. The smallest absolute Gasteiger partial charge is 0.237 e. The van der Waals surface area contributed by atoms with Gasteiger partial charge in [0, 0.05) is 19.0 Å². The van der Waals surface area contributed by atoms with Gasteiger partial charge >= 0.3 is 0 Å². The Morgan fingerprint density at radius 3 is 2.93 bits per heavy atom. The zero-order chi connectivity index (χ0) is 10.6. The number of carbonyl (C=O) groups is 1. The molecule has 0 aromatic rings. The van der Waals surface area contributed by atoms with Crippen LogP contribution in [-0.2, 0) is 4.79 Å². The molecule has 0 aliphatic carbocycles. The van der Waals surface area contributed by atoms with Crippen molar-refractivity contribution < 1.29 is 9.90 Å². The average Bonchev–Trinajstić information content (AvgIpc) is 2.20. The fraction of sp³-hybridized carbons (Fsp3) is 0.900. The van der Waals surface area contributed by atoms with E-state index in [1.54, 1.807) is 4.90 Å². The van der Waals surface area contributed by atoms with Crippen LogP contribution >= 0.6 is 11.6 Å². The summed E-state index contributed by atoms with van der Waals surface area (Å²) in [5.74, 6) is 0.273. The normalized spacial score (nSPS) is 27.8. The van der Waals surface area contributed by atoms with E-state index >= 15 is 0 Å². The first-order valence-corrected chi connectivity index (χ1v) is 5.74. The summed E-state index contributed by atoms with van der Waals surface area (Å²) in [6.45, 7) is 3.41. The molecule has 2 atom stereocenters. The maximum Gasteiger partial charge on any atom is 0.237 e. The van der Waals surface area contributed by atoms with E-state index in [1.807, 2.05) is 0 Å². The van der Waals surface area contributed by atoms with Crippen LogP contribution in [0.4, 0.5) is 0 Å². The molecule has 1 aliphatic rings. The lowest BCUT2D eigenvalue weighted by molar-refractivity contribution is -0.132. The third-order valence-electron chi connectivity index (χ3n) is 2.82. The van der Waals surface area contributed by atoms with E-state index in [2.05, 4.69) is 6.92 Å². The summed E-state index contributed by atoms with van der Waals surface area (Å²) in [5.41, 5.74) is 0. The Labute approximate surface area is 90.0 Å². The van der Waals surface area contributed by atoms with Gasteiger partial charge in [0.1, 0.15) is 5.88 Å². The minimum atomic E-state index is -0.241. The lowest BCUT2D eigenvalue weighted by Crippen LogP contribution is -2.46. The Morgan fingerprint density at radius 2 is 2.36 bits per heavy atom. The van der Waals surface area contributed by atoms with Gasteiger partial charge in [-0.15, -0.1) is 11.6 Å². The molecule has 0 aromatic heterocycles. The van der Waals surface area contributed by atoms with Gasteiger partial charge in [0.15, 0.2) is 0 Å². The van der Waals surface area contributed by atoms with Crippen LogP contribution in [0.3, 0.4) is 0 Å². The summed E-state index contributed by atoms with van der Waals surface area (Å²) in [6, 6.07) is 0. The predicted molar refractivity (Wildman–Crippen MR) is 56.3 cm³/mol. The Hall–Kier alpha value is -0.280. The maximum absolute atomic E-state index is 11.3. The van der Waals surface area contributed by atoms with E-state index in [9.17, 15) is 9.90 Å². The van der Waals surface area contributed by atoms with Crippen molar-refractivity contribution in [3.05, 3.63) is 0 Å². The van der Waals surface area contributed by atoms with Crippen molar-refractivity contribution in [1.29, 1.82) is 0 Å². The maximum atomic E-state index is 11.3. The minimum Gasteiger partial charge on any atom is -0.393 e. The van der Waals surface area contributed by atoms with Gasteiger partial charge in [-0.2, -0.15) is 0 Å². The van der Waals surface area contributed by atoms with Crippen LogP contribution in [0.1, 0.15) is 26.2 Å². The molecule has 3 nitrogen and oxygen atoms in total. The van der Waals surface area contributed by atoms with E-state index in [4.69, 9.17) is 11.6 Å². The van der Waals surface area contributed by atoms with Gasteiger partial charge < -0.3 is 10.0 Å². The van der Waals surface area contributed by atoms with Crippen LogP contribution in [0, 0.1) is 5.92 Å². The number of alkyl halides is 1. The number of nitrogens with zero attached hydrogens (tertiary/aromatic N) is 1. The number of hydrogen-bond acceptors (Lipinski definition) is 2. The Balaban J connectivity index is 2.48. The summed E-state index contributed by atoms with van der Waals surface area (Å²) >= 11 is 5.49. The van der Waals surface area contributed by atoms with Crippen LogP contribution in [-0.4, -0.2) is 41.0 Å². The predicted octanol–water partition coefficient (Wildman–Crippen LogP) is 1.23. The van der Waals surface area contributed by atoms with Crippen molar-refractivity contribution in [2.24, 2.45) is 5.92 Å². The van der Waals surface area contributed by atoms with Crippen molar-refractivity contribution in [2.75, 3.05) is 19.0 Å². The molecule has 1 saturated heterocycles. The number of rotatable bonds is 3. The molecular formula is C10H18ClNO2. The molecule has 1 heterocycles. The molecule has 82 valence electrons. The van der Waals surface area contributed by atoms with Crippen LogP contribution in [0.25, 0.3) is 0 Å². The first-order chi connectivity index (χ1) is 6.69. The first kappa shape index (κ1) is 11.8. The fourth-order valence-electron chi connectivity index (χ4n) is 1.99. The number of hydrogen-bond donors (Lipinski definition) is 1. The molecule has 0 unspecified atom stereocenters. The van der Waals surface area contributed by atoms with Gasteiger partial charge in [-0.1, -0.05) is 13.3 Å². The second kappa shape index (κ2) is 5.56. The van der Waals surface area contributed by atoms with E-state index in [0.717, 1.165) is 12.8 Å². The van der Waals surface area contributed by atoms with Gasteiger partial charge in [-0.25, -0.2) is 0 Å². The van der Waals surface area contributed by atoms with Crippen LogP contribution in [0.2, 0.25) is 0 Å². The number of aliphatic hydroxyl groups excluding tert-OH is 1. The average molecular weight is 220 g/mol. The lowest BCUT2D eigenvalue weighted by atomic mass is 9.91. The fourth-order valence-corrected chi connectivity index (χ4v) is 2.15. The van der Waals surface area contributed by atoms with Gasteiger partial charge in [0.2, 0.25) is 5.91 Å². The molecule has 14 heavy (non-hydrogen) atoms.